The van der Waals surface area contributed by atoms with E-state index in [1.54, 1.807) is 38.5 Å². The Labute approximate surface area is 123 Å². The molecule has 0 fully saturated rings. The maximum Gasteiger partial charge on any atom is 0.161 e. The third-order valence-electron chi connectivity index (χ3n) is 2.97. The lowest BCUT2D eigenvalue weighted by atomic mass is 10.1. The standard InChI is InChI=1S/C16H18N2O3/c1-11(18-21-14-7-5-13(17)6-8-14)12-4-9-15(19-2)16(10-12)20-3/h4-10H,17H2,1-3H3/b18-11+. The first-order valence-corrected chi connectivity index (χ1v) is 6.43. The molecule has 0 saturated heterocycles. The van der Waals surface area contributed by atoms with Crippen molar-refractivity contribution < 1.29 is 14.3 Å². The van der Waals surface area contributed by atoms with Gasteiger partial charge in [-0.1, -0.05) is 5.16 Å². The van der Waals surface area contributed by atoms with Gasteiger partial charge in [-0.3, -0.25) is 0 Å². The average molecular weight is 286 g/mol. The highest BCUT2D eigenvalue weighted by Crippen LogP contribution is 2.27. The van der Waals surface area contributed by atoms with Crippen LogP contribution in [0.5, 0.6) is 17.2 Å². The molecule has 0 radical (unpaired) electrons. The Kier molecular flexibility index (Phi) is 4.66. The normalized spacial score (nSPS) is 11.1. The van der Waals surface area contributed by atoms with E-state index in [1.165, 1.54) is 0 Å². The monoisotopic (exact) mass is 286 g/mol. The highest BCUT2D eigenvalue weighted by molar-refractivity contribution is 5.98. The number of methoxy groups -OCH3 is 2. The highest BCUT2D eigenvalue weighted by Gasteiger charge is 2.07. The Morgan fingerprint density at radius 2 is 1.62 bits per heavy atom. The van der Waals surface area contributed by atoms with Crippen molar-refractivity contribution >= 4 is 11.4 Å². The van der Waals surface area contributed by atoms with Crippen LogP contribution in [0.25, 0.3) is 0 Å². The molecule has 21 heavy (non-hydrogen) atoms. The van der Waals surface area contributed by atoms with Crippen molar-refractivity contribution in [3.05, 3.63) is 48.0 Å². The largest absolute Gasteiger partial charge is 0.493 e. The van der Waals surface area contributed by atoms with Crippen molar-refractivity contribution in [1.29, 1.82) is 0 Å². The third-order valence-corrected chi connectivity index (χ3v) is 2.97. The molecule has 0 aromatic heterocycles. The van der Waals surface area contributed by atoms with Crippen LogP contribution in [0.15, 0.2) is 47.6 Å². The fourth-order valence-corrected chi connectivity index (χ4v) is 1.76. The van der Waals surface area contributed by atoms with Gasteiger partial charge in [-0.25, -0.2) is 0 Å². The molecule has 0 aliphatic heterocycles. The summed E-state index contributed by atoms with van der Waals surface area (Å²) < 4.78 is 10.5. The first-order chi connectivity index (χ1) is 10.1. The van der Waals surface area contributed by atoms with E-state index in [1.807, 2.05) is 25.1 Å². The lowest BCUT2D eigenvalue weighted by Gasteiger charge is -2.09. The quantitative estimate of drug-likeness (QED) is 0.521. The molecule has 2 aromatic carbocycles. The minimum atomic E-state index is 0.629. The van der Waals surface area contributed by atoms with Crippen LogP contribution in [0.3, 0.4) is 0 Å². The Morgan fingerprint density at radius 1 is 0.952 bits per heavy atom. The van der Waals surface area contributed by atoms with Crippen LogP contribution in [-0.2, 0) is 0 Å². The van der Waals surface area contributed by atoms with Gasteiger partial charge in [0.25, 0.3) is 0 Å². The molecule has 5 heteroatoms. The smallest absolute Gasteiger partial charge is 0.161 e. The fraction of sp³-hybridized carbons (Fsp3) is 0.188. The van der Waals surface area contributed by atoms with E-state index in [-0.39, 0.29) is 0 Å². The summed E-state index contributed by atoms with van der Waals surface area (Å²) in [5.74, 6) is 1.95. The van der Waals surface area contributed by atoms with Crippen LogP contribution in [0.4, 0.5) is 5.69 Å². The average Bonchev–Trinajstić information content (AvgIpc) is 2.53. The number of nitrogen functional groups attached to an aromatic ring is 1. The van der Waals surface area contributed by atoms with Crippen molar-refractivity contribution in [2.75, 3.05) is 20.0 Å². The molecule has 0 bridgehead atoms. The van der Waals surface area contributed by atoms with Gasteiger partial charge in [-0.15, -0.1) is 0 Å². The molecule has 5 nitrogen and oxygen atoms in total. The first kappa shape index (κ1) is 14.7. The molecule has 0 heterocycles. The summed E-state index contributed by atoms with van der Waals surface area (Å²) in [6.07, 6.45) is 0. The van der Waals surface area contributed by atoms with Gasteiger partial charge in [0.15, 0.2) is 17.2 Å². The molecule has 0 unspecified atom stereocenters. The predicted molar refractivity (Wildman–Crippen MR) is 83.2 cm³/mol. The maximum absolute atomic E-state index is 5.62. The van der Waals surface area contributed by atoms with E-state index in [4.69, 9.17) is 20.0 Å². The van der Waals surface area contributed by atoms with Crippen LogP contribution >= 0.6 is 0 Å². The van der Waals surface area contributed by atoms with Gasteiger partial charge in [0, 0.05) is 11.3 Å². The zero-order valence-electron chi connectivity index (χ0n) is 12.3. The number of hydrogen-bond donors (Lipinski definition) is 1. The summed E-state index contributed by atoms with van der Waals surface area (Å²) in [7, 11) is 3.20. The number of ether oxygens (including phenoxy) is 2. The van der Waals surface area contributed by atoms with Gasteiger partial charge in [-0.05, 0) is 49.4 Å². The van der Waals surface area contributed by atoms with Gasteiger partial charge < -0.3 is 20.0 Å². The van der Waals surface area contributed by atoms with Crippen LogP contribution in [0.2, 0.25) is 0 Å². The summed E-state index contributed by atoms with van der Waals surface area (Å²) in [6.45, 7) is 1.86. The molecule has 0 aliphatic rings. The van der Waals surface area contributed by atoms with Gasteiger partial charge >= 0.3 is 0 Å². The second kappa shape index (κ2) is 6.65. The number of rotatable bonds is 5. The van der Waals surface area contributed by atoms with E-state index in [0.29, 0.717) is 22.9 Å². The van der Waals surface area contributed by atoms with Crippen molar-refractivity contribution in [1.82, 2.24) is 0 Å². The second-order valence-corrected chi connectivity index (χ2v) is 4.41. The second-order valence-electron chi connectivity index (χ2n) is 4.41. The lowest BCUT2D eigenvalue weighted by molar-refractivity contribution is 0.341. The summed E-state index contributed by atoms with van der Waals surface area (Å²) in [5, 5.41) is 4.10. The van der Waals surface area contributed by atoms with Crippen molar-refractivity contribution in [3.63, 3.8) is 0 Å². The van der Waals surface area contributed by atoms with Crippen LogP contribution < -0.4 is 20.0 Å². The number of nitrogens with zero attached hydrogens (tertiary/aromatic N) is 1. The van der Waals surface area contributed by atoms with E-state index in [0.717, 1.165) is 11.3 Å². The molecule has 0 aliphatic carbocycles. The zero-order chi connectivity index (χ0) is 15.2. The summed E-state index contributed by atoms with van der Waals surface area (Å²) in [4.78, 5) is 5.37. The van der Waals surface area contributed by atoms with E-state index < -0.39 is 0 Å². The number of benzene rings is 2. The van der Waals surface area contributed by atoms with Gasteiger partial charge in [0.1, 0.15) is 0 Å². The zero-order valence-corrected chi connectivity index (χ0v) is 12.3. The van der Waals surface area contributed by atoms with Crippen LogP contribution in [-0.4, -0.2) is 19.9 Å². The Hall–Kier alpha value is -2.69. The highest BCUT2D eigenvalue weighted by atomic mass is 16.6. The number of oxime groups is 1. The van der Waals surface area contributed by atoms with E-state index in [2.05, 4.69) is 5.16 Å². The molecular formula is C16H18N2O3. The minimum Gasteiger partial charge on any atom is -0.493 e. The molecule has 110 valence electrons. The minimum absolute atomic E-state index is 0.629. The van der Waals surface area contributed by atoms with E-state index in [9.17, 15) is 0 Å². The Morgan fingerprint density at radius 3 is 2.24 bits per heavy atom. The van der Waals surface area contributed by atoms with Crippen molar-refractivity contribution in [3.8, 4) is 17.2 Å². The van der Waals surface area contributed by atoms with Crippen LogP contribution in [0, 0.1) is 0 Å². The summed E-state index contributed by atoms with van der Waals surface area (Å²) in [5.41, 5.74) is 7.92. The number of nitrogens with two attached hydrogens (primary N) is 1. The van der Waals surface area contributed by atoms with Gasteiger partial charge in [0.2, 0.25) is 0 Å². The van der Waals surface area contributed by atoms with Gasteiger partial charge in [0.05, 0.1) is 19.9 Å². The number of anilines is 1. The molecule has 2 aromatic rings. The SMILES string of the molecule is COc1ccc(/C(C)=N/Oc2ccc(N)cc2)cc1OC. The predicted octanol–water partition coefficient (Wildman–Crippen LogP) is 3.09. The molecule has 2 N–H and O–H groups in total. The molecule has 2 rings (SSSR count). The maximum atomic E-state index is 5.62. The van der Waals surface area contributed by atoms with Crippen molar-refractivity contribution in [2.24, 2.45) is 5.16 Å². The van der Waals surface area contributed by atoms with Crippen LogP contribution in [0.1, 0.15) is 12.5 Å². The molecular weight excluding hydrogens is 268 g/mol. The summed E-state index contributed by atoms with van der Waals surface area (Å²) >= 11 is 0. The third kappa shape index (κ3) is 3.66. The molecule has 0 spiro atoms. The van der Waals surface area contributed by atoms with Crippen molar-refractivity contribution in [2.45, 2.75) is 6.92 Å². The first-order valence-electron chi connectivity index (χ1n) is 6.43. The van der Waals surface area contributed by atoms with E-state index >= 15 is 0 Å². The number of hydrogen-bond acceptors (Lipinski definition) is 5. The molecule has 0 atom stereocenters. The van der Waals surface area contributed by atoms with Gasteiger partial charge in [-0.2, -0.15) is 0 Å². The molecule has 0 amide bonds. The topological polar surface area (TPSA) is 66.1 Å². The molecule has 0 saturated carbocycles. The summed E-state index contributed by atoms with van der Waals surface area (Å²) in [6, 6.07) is 12.6. The Balaban J connectivity index is 2.17. The lowest BCUT2D eigenvalue weighted by Crippen LogP contribution is -2.00. The Bertz CT molecular complexity index is 636. The fourth-order valence-electron chi connectivity index (χ4n) is 1.76.